The van der Waals surface area contributed by atoms with Crippen molar-refractivity contribution < 1.29 is 9.53 Å². The molecule has 1 aromatic heterocycles. The van der Waals surface area contributed by atoms with E-state index in [0.717, 1.165) is 77.3 Å². The fourth-order valence-corrected chi connectivity index (χ4v) is 6.17. The van der Waals surface area contributed by atoms with Gasteiger partial charge in [0.25, 0.3) is 0 Å². The summed E-state index contributed by atoms with van der Waals surface area (Å²) >= 11 is 1.60. The van der Waals surface area contributed by atoms with Crippen molar-refractivity contribution in [1.29, 1.82) is 0 Å². The minimum atomic E-state index is -0.220. The summed E-state index contributed by atoms with van der Waals surface area (Å²) in [5, 5.41) is 2.05. The summed E-state index contributed by atoms with van der Waals surface area (Å²) in [6, 6.07) is 0.617. The molecule has 0 radical (unpaired) electrons. The van der Waals surface area contributed by atoms with E-state index in [0.29, 0.717) is 24.4 Å². The Labute approximate surface area is 172 Å². The Bertz CT molecular complexity index is 649. The zero-order chi connectivity index (χ0) is 19.6. The standard InChI is InChI=1S/C21H34N4O2S/c1-3-24-7-5-17-12-19(25-8-10-27-11-9-25)4-6-21(17,15-24)20(26)23(2)13-18-14-28-16-22-18/h14,16-17,19H,3-13,15H2,1-2H3/t17-,19+,21-/m1/s1. The molecule has 3 aliphatic rings. The van der Waals surface area contributed by atoms with Crippen LogP contribution in [0.25, 0.3) is 0 Å². The molecule has 1 aromatic rings. The number of hydrogen-bond donors (Lipinski definition) is 0. The van der Waals surface area contributed by atoms with Gasteiger partial charge in [-0.15, -0.1) is 11.3 Å². The van der Waals surface area contributed by atoms with Crippen LogP contribution in [0.2, 0.25) is 0 Å². The molecule has 0 unspecified atom stereocenters. The van der Waals surface area contributed by atoms with Gasteiger partial charge in [0, 0.05) is 38.1 Å². The van der Waals surface area contributed by atoms with E-state index in [1.54, 1.807) is 11.3 Å². The van der Waals surface area contributed by atoms with E-state index in [9.17, 15) is 4.79 Å². The minimum Gasteiger partial charge on any atom is -0.379 e. The number of aromatic nitrogens is 1. The number of likely N-dealkylation sites (tertiary alicyclic amines) is 1. The minimum absolute atomic E-state index is 0.220. The van der Waals surface area contributed by atoms with Crippen LogP contribution in [0.15, 0.2) is 10.9 Å². The van der Waals surface area contributed by atoms with Crippen LogP contribution in [0.5, 0.6) is 0 Å². The normalized spacial score (nSPS) is 32.1. The zero-order valence-corrected chi connectivity index (χ0v) is 18.1. The molecule has 1 amide bonds. The first-order valence-corrected chi connectivity index (χ1v) is 11.7. The summed E-state index contributed by atoms with van der Waals surface area (Å²) in [6.07, 6.45) is 4.44. The Morgan fingerprint density at radius 1 is 1.36 bits per heavy atom. The molecule has 0 spiro atoms. The Morgan fingerprint density at radius 3 is 2.89 bits per heavy atom. The Kier molecular flexibility index (Phi) is 6.35. The predicted molar refractivity (Wildman–Crippen MR) is 111 cm³/mol. The number of nitrogens with zero attached hydrogens (tertiary/aromatic N) is 4. The van der Waals surface area contributed by atoms with E-state index in [4.69, 9.17) is 4.74 Å². The third-order valence-electron chi connectivity index (χ3n) is 7.23. The molecule has 6 nitrogen and oxygen atoms in total. The number of fused-ring (bicyclic) bond motifs is 1. The van der Waals surface area contributed by atoms with Crippen LogP contribution >= 0.6 is 11.3 Å². The Hall–Kier alpha value is -1.02. The largest absolute Gasteiger partial charge is 0.379 e. The maximum absolute atomic E-state index is 13.8. The summed E-state index contributed by atoms with van der Waals surface area (Å²) < 4.78 is 5.55. The lowest BCUT2D eigenvalue weighted by atomic mass is 9.60. The summed E-state index contributed by atoms with van der Waals surface area (Å²) in [4.78, 5) is 25.2. The molecule has 0 N–H and O–H groups in total. The van der Waals surface area contributed by atoms with E-state index >= 15 is 0 Å². The van der Waals surface area contributed by atoms with Crippen molar-refractivity contribution in [1.82, 2.24) is 19.7 Å². The molecule has 1 saturated carbocycles. The lowest BCUT2D eigenvalue weighted by Crippen LogP contribution is -2.60. The van der Waals surface area contributed by atoms with Crippen LogP contribution in [0.1, 0.15) is 38.3 Å². The number of hydrogen-bond acceptors (Lipinski definition) is 6. The van der Waals surface area contributed by atoms with Crippen molar-refractivity contribution in [3.8, 4) is 0 Å². The topological polar surface area (TPSA) is 48.9 Å². The maximum Gasteiger partial charge on any atom is 0.230 e. The highest BCUT2D eigenvalue weighted by Gasteiger charge is 2.53. The first-order chi connectivity index (χ1) is 13.6. The smallest absolute Gasteiger partial charge is 0.230 e. The van der Waals surface area contributed by atoms with Gasteiger partial charge in [0.05, 0.1) is 36.4 Å². The van der Waals surface area contributed by atoms with Crippen molar-refractivity contribution in [3.05, 3.63) is 16.6 Å². The molecule has 7 heteroatoms. The molecular weight excluding hydrogens is 372 g/mol. The molecule has 3 atom stereocenters. The SMILES string of the molecule is CCN1CC[C@@H]2C[C@@H](N3CCOCC3)CC[C@@]2(C(=O)N(C)Cc2cscn2)C1. The molecule has 4 rings (SSSR count). The van der Waals surface area contributed by atoms with E-state index in [1.165, 1.54) is 0 Å². The van der Waals surface area contributed by atoms with Crippen molar-refractivity contribution in [2.45, 2.75) is 45.2 Å². The third-order valence-corrected chi connectivity index (χ3v) is 7.86. The molecule has 0 aromatic carbocycles. The maximum atomic E-state index is 13.8. The molecule has 28 heavy (non-hydrogen) atoms. The van der Waals surface area contributed by atoms with Crippen LogP contribution in [0, 0.1) is 11.3 Å². The summed E-state index contributed by atoms with van der Waals surface area (Å²) in [7, 11) is 1.96. The molecule has 156 valence electrons. The van der Waals surface area contributed by atoms with E-state index in [-0.39, 0.29) is 5.41 Å². The van der Waals surface area contributed by atoms with Gasteiger partial charge in [-0.3, -0.25) is 9.69 Å². The zero-order valence-electron chi connectivity index (χ0n) is 17.3. The number of piperidine rings is 1. The van der Waals surface area contributed by atoms with Crippen molar-refractivity contribution in [3.63, 3.8) is 0 Å². The average molecular weight is 407 g/mol. The lowest BCUT2D eigenvalue weighted by molar-refractivity contribution is -0.155. The summed E-state index contributed by atoms with van der Waals surface area (Å²) in [5.41, 5.74) is 2.63. The highest BCUT2D eigenvalue weighted by molar-refractivity contribution is 7.07. The monoisotopic (exact) mass is 406 g/mol. The predicted octanol–water partition coefficient (Wildman–Crippen LogP) is 2.31. The molecule has 2 aliphatic heterocycles. The fourth-order valence-electron chi connectivity index (χ4n) is 5.62. The van der Waals surface area contributed by atoms with Crippen LogP contribution < -0.4 is 0 Å². The second-order valence-electron chi connectivity index (χ2n) is 8.73. The number of rotatable bonds is 5. The highest BCUT2D eigenvalue weighted by Crippen LogP contribution is 2.48. The molecule has 3 heterocycles. The highest BCUT2D eigenvalue weighted by atomic mass is 32.1. The number of carbonyl (C=O) groups excluding carboxylic acids is 1. The molecule has 2 saturated heterocycles. The quantitative estimate of drug-likeness (QED) is 0.751. The Morgan fingerprint density at radius 2 is 2.18 bits per heavy atom. The van der Waals surface area contributed by atoms with Gasteiger partial charge in [0.15, 0.2) is 0 Å². The second-order valence-corrected chi connectivity index (χ2v) is 9.45. The van der Waals surface area contributed by atoms with Gasteiger partial charge in [0.2, 0.25) is 5.91 Å². The summed E-state index contributed by atoms with van der Waals surface area (Å²) in [5.74, 6) is 0.825. The fraction of sp³-hybridized carbons (Fsp3) is 0.810. The molecular formula is C21H34N4O2S. The molecule has 3 fully saturated rings. The van der Waals surface area contributed by atoms with Crippen LogP contribution in [-0.2, 0) is 16.1 Å². The van der Waals surface area contributed by atoms with E-state index in [1.807, 2.05) is 22.8 Å². The van der Waals surface area contributed by atoms with Crippen LogP contribution in [-0.4, -0.2) is 84.6 Å². The van der Waals surface area contributed by atoms with Crippen molar-refractivity contribution >= 4 is 17.2 Å². The Balaban J connectivity index is 1.51. The first kappa shape index (κ1) is 20.3. The van der Waals surface area contributed by atoms with Gasteiger partial charge in [0.1, 0.15) is 0 Å². The lowest BCUT2D eigenvalue weighted by Gasteiger charge is -2.54. The van der Waals surface area contributed by atoms with Crippen LogP contribution in [0.4, 0.5) is 0 Å². The van der Waals surface area contributed by atoms with Gasteiger partial charge in [-0.25, -0.2) is 4.98 Å². The summed E-state index contributed by atoms with van der Waals surface area (Å²) in [6.45, 7) is 9.71. The molecule has 0 bridgehead atoms. The second kappa shape index (κ2) is 8.78. The average Bonchev–Trinajstić information content (AvgIpc) is 3.25. The number of thiazole rings is 1. The van der Waals surface area contributed by atoms with E-state index < -0.39 is 0 Å². The number of amides is 1. The van der Waals surface area contributed by atoms with E-state index in [2.05, 4.69) is 21.7 Å². The first-order valence-electron chi connectivity index (χ1n) is 10.8. The number of morpholine rings is 1. The van der Waals surface area contributed by atoms with Gasteiger partial charge in [-0.05, 0) is 44.7 Å². The van der Waals surface area contributed by atoms with Gasteiger partial charge < -0.3 is 14.5 Å². The van der Waals surface area contributed by atoms with Crippen LogP contribution in [0.3, 0.4) is 0 Å². The van der Waals surface area contributed by atoms with Gasteiger partial charge in [-0.1, -0.05) is 6.92 Å². The number of carbonyl (C=O) groups is 1. The third kappa shape index (κ3) is 3.99. The van der Waals surface area contributed by atoms with Gasteiger partial charge >= 0.3 is 0 Å². The van der Waals surface area contributed by atoms with Crippen molar-refractivity contribution in [2.75, 3.05) is 53.0 Å². The van der Waals surface area contributed by atoms with Gasteiger partial charge in [-0.2, -0.15) is 0 Å². The number of ether oxygens (including phenoxy) is 1. The molecule has 1 aliphatic carbocycles. The van der Waals surface area contributed by atoms with Crippen molar-refractivity contribution in [2.24, 2.45) is 11.3 Å².